The van der Waals surface area contributed by atoms with Crippen molar-refractivity contribution in [2.45, 2.75) is 63.9 Å². The van der Waals surface area contributed by atoms with E-state index >= 15 is 0 Å². The SMILES string of the molecule is CCCCOB(OCCCC)OC(c1ccccc1)(c1ccccc1)C(CC)(c1ccccc1)c1ccccc1. The van der Waals surface area contributed by atoms with E-state index in [-0.39, 0.29) is 0 Å². The number of hydrogen-bond acceptors (Lipinski definition) is 3. The van der Waals surface area contributed by atoms with Crippen molar-refractivity contribution >= 4 is 7.32 Å². The molecule has 208 valence electrons. The molecule has 0 amide bonds. The number of benzene rings is 4. The van der Waals surface area contributed by atoms with Crippen molar-refractivity contribution < 1.29 is 14.0 Å². The molecule has 0 unspecified atom stereocenters. The van der Waals surface area contributed by atoms with Gasteiger partial charge in [-0.25, -0.2) is 0 Å². The zero-order valence-electron chi connectivity index (χ0n) is 24.3. The van der Waals surface area contributed by atoms with E-state index in [2.05, 4.69) is 142 Å². The molecule has 4 aromatic rings. The largest absolute Gasteiger partial charge is 0.640 e. The molecular formula is C36H43BO3. The van der Waals surface area contributed by atoms with Gasteiger partial charge in [0.05, 0.1) is 5.41 Å². The standard InChI is InChI=1S/C36H43BO3/c1-4-7-29-38-37(39-30-8-5-2)40-36(33-25-17-11-18-26-33,34-27-19-12-20-28-34)35(6-3,31-21-13-9-14-22-31)32-23-15-10-16-24-32/h9-28H,4-8,29-30H2,1-3H3. The van der Waals surface area contributed by atoms with Gasteiger partial charge in [0, 0.05) is 13.2 Å². The van der Waals surface area contributed by atoms with Gasteiger partial charge in [-0.3, -0.25) is 0 Å². The topological polar surface area (TPSA) is 27.7 Å². The van der Waals surface area contributed by atoms with Crippen LogP contribution in [0, 0.1) is 0 Å². The summed E-state index contributed by atoms with van der Waals surface area (Å²) in [7, 11) is -0.836. The van der Waals surface area contributed by atoms with Crippen molar-refractivity contribution in [3.63, 3.8) is 0 Å². The molecule has 0 aliphatic heterocycles. The molecular weight excluding hydrogens is 491 g/mol. The van der Waals surface area contributed by atoms with Crippen LogP contribution < -0.4 is 0 Å². The second-order valence-corrected chi connectivity index (χ2v) is 10.3. The lowest BCUT2D eigenvalue weighted by Crippen LogP contribution is -2.56. The minimum Gasteiger partial charge on any atom is -0.386 e. The van der Waals surface area contributed by atoms with Gasteiger partial charge in [0.2, 0.25) is 0 Å². The third kappa shape index (κ3) is 6.25. The fourth-order valence-corrected chi connectivity index (χ4v) is 5.83. The first-order chi connectivity index (χ1) is 19.7. The van der Waals surface area contributed by atoms with Crippen LogP contribution in [0.25, 0.3) is 0 Å². The first-order valence-corrected chi connectivity index (χ1v) is 14.9. The molecule has 0 heterocycles. The molecule has 3 nitrogen and oxygen atoms in total. The van der Waals surface area contributed by atoms with E-state index in [0.29, 0.717) is 13.2 Å². The van der Waals surface area contributed by atoms with Crippen LogP contribution in [-0.4, -0.2) is 20.5 Å². The molecule has 0 fully saturated rings. The summed E-state index contributed by atoms with van der Waals surface area (Å²) in [6.45, 7) is 7.74. The maximum absolute atomic E-state index is 7.42. The Kier molecular flexibility index (Phi) is 11.2. The van der Waals surface area contributed by atoms with Crippen LogP contribution >= 0.6 is 0 Å². The summed E-state index contributed by atoms with van der Waals surface area (Å²) < 4.78 is 20.2. The van der Waals surface area contributed by atoms with Gasteiger partial charge >= 0.3 is 7.32 Å². The Hall–Kier alpha value is -3.18. The van der Waals surface area contributed by atoms with Crippen molar-refractivity contribution in [1.82, 2.24) is 0 Å². The Morgan fingerprint density at radius 1 is 0.500 bits per heavy atom. The highest BCUT2D eigenvalue weighted by Gasteiger charge is 2.57. The molecule has 40 heavy (non-hydrogen) atoms. The van der Waals surface area contributed by atoms with Gasteiger partial charge in [-0.05, 0) is 41.5 Å². The molecule has 0 spiro atoms. The Labute approximate surface area is 241 Å². The van der Waals surface area contributed by atoms with Crippen LogP contribution in [0.4, 0.5) is 0 Å². The fourth-order valence-electron chi connectivity index (χ4n) is 5.83. The molecule has 4 aromatic carbocycles. The summed E-state index contributed by atoms with van der Waals surface area (Å²) in [4.78, 5) is 0. The highest BCUT2D eigenvalue weighted by atomic mass is 16.7. The Balaban J connectivity index is 2.06. The van der Waals surface area contributed by atoms with Crippen LogP contribution in [0.5, 0.6) is 0 Å². The van der Waals surface area contributed by atoms with Gasteiger partial charge in [-0.1, -0.05) is 155 Å². The van der Waals surface area contributed by atoms with Gasteiger partial charge < -0.3 is 14.0 Å². The lowest BCUT2D eigenvalue weighted by Gasteiger charge is -2.52. The van der Waals surface area contributed by atoms with Crippen LogP contribution in [0.3, 0.4) is 0 Å². The number of hydrogen-bond donors (Lipinski definition) is 0. The van der Waals surface area contributed by atoms with Crippen molar-refractivity contribution in [1.29, 1.82) is 0 Å². The first kappa shape index (κ1) is 29.8. The number of rotatable bonds is 16. The van der Waals surface area contributed by atoms with Gasteiger partial charge in [-0.2, -0.15) is 0 Å². The monoisotopic (exact) mass is 534 g/mol. The first-order valence-electron chi connectivity index (χ1n) is 14.9. The predicted octanol–water partition coefficient (Wildman–Crippen LogP) is 8.96. The van der Waals surface area contributed by atoms with Gasteiger partial charge in [0.1, 0.15) is 5.60 Å². The van der Waals surface area contributed by atoms with E-state index in [9.17, 15) is 0 Å². The van der Waals surface area contributed by atoms with Crippen LogP contribution in [-0.2, 0) is 25.0 Å². The summed E-state index contributed by atoms with van der Waals surface area (Å²) >= 11 is 0. The molecule has 0 aromatic heterocycles. The van der Waals surface area contributed by atoms with Crippen molar-refractivity contribution in [2.24, 2.45) is 0 Å². The van der Waals surface area contributed by atoms with E-state index in [0.717, 1.165) is 43.2 Å². The molecule has 0 saturated heterocycles. The summed E-state index contributed by atoms with van der Waals surface area (Å²) in [6, 6.07) is 42.8. The molecule has 4 rings (SSSR count). The highest BCUT2D eigenvalue weighted by Crippen LogP contribution is 2.56. The quantitative estimate of drug-likeness (QED) is 0.106. The van der Waals surface area contributed by atoms with E-state index in [1.165, 1.54) is 11.1 Å². The van der Waals surface area contributed by atoms with E-state index in [1.807, 2.05) is 0 Å². The molecule has 0 aliphatic carbocycles. The average Bonchev–Trinajstić information content (AvgIpc) is 3.03. The summed E-state index contributed by atoms with van der Waals surface area (Å²) in [5, 5.41) is 0. The maximum atomic E-state index is 7.42. The Bertz CT molecular complexity index is 1140. The predicted molar refractivity (Wildman–Crippen MR) is 166 cm³/mol. The molecule has 0 bridgehead atoms. The molecule has 0 saturated carbocycles. The molecule has 0 atom stereocenters. The van der Waals surface area contributed by atoms with E-state index in [1.54, 1.807) is 0 Å². The summed E-state index contributed by atoms with van der Waals surface area (Å²) in [6.07, 6.45) is 4.74. The molecule has 0 N–H and O–H groups in total. The zero-order chi connectivity index (χ0) is 28.1. The van der Waals surface area contributed by atoms with Gasteiger partial charge in [0.25, 0.3) is 0 Å². The number of unbranched alkanes of at least 4 members (excludes halogenated alkanes) is 2. The van der Waals surface area contributed by atoms with Crippen LogP contribution in [0.15, 0.2) is 121 Å². The van der Waals surface area contributed by atoms with Gasteiger partial charge in [0.15, 0.2) is 0 Å². The fraction of sp³-hybridized carbons (Fsp3) is 0.333. The van der Waals surface area contributed by atoms with Gasteiger partial charge in [-0.15, -0.1) is 0 Å². The summed E-state index contributed by atoms with van der Waals surface area (Å²) in [5.74, 6) is 0. The van der Waals surface area contributed by atoms with E-state index in [4.69, 9.17) is 14.0 Å². The maximum Gasteiger partial charge on any atom is 0.640 e. The highest BCUT2D eigenvalue weighted by molar-refractivity contribution is 6.36. The van der Waals surface area contributed by atoms with Crippen molar-refractivity contribution in [2.75, 3.05) is 13.2 Å². The van der Waals surface area contributed by atoms with Crippen LogP contribution in [0.2, 0.25) is 0 Å². The smallest absolute Gasteiger partial charge is 0.386 e. The molecule has 4 heteroatoms. The Morgan fingerprint density at radius 3 is 1.18 bits per heavy atom. The zero-order valence-corrected chi connectivity index (χ0v) is 24.3. The molecule has 0 radical (unpaired) electrons. The third-order valence-corrected chi connectivity index (χ3v) is 7.80. The second kappa shape index (κ2) is 15.0. The minimum absolute atomic E-state index is 0.572. The lowest BCUT2D eigenvalue weighted by atomic mass is 9.56. The normalized spacial score (nSPS) is 11.9. The van der Waals surface area contributed by atoms with Crippen LogP contribution in [0.1, 0.15) is 75.1 Å². The second-order valence-electron chi connectivity index (χ2n) is 10.3. The van der Waals surface area contributed by atoms with E-state index < -0.39 is 18.3 Å². The molecule has 0 aliphatic rings. The Morgan fingerprint density at radius 2 is 0.850 bits per heavy atom. The van der Waals surface area contributed by atoms with Crippen molar-refractivity contribution in [3.05, 3.63) is 144 Å². The third-order valence-electron chi connectivity index (χ3n) is 7.80. The lowest BCUT2D eigenvalue weighted by molar-refractivity contribution is -0.0314. The van der Waals surface area contributed by atoms with Crippen molar-refractivity contribution in [3.8, 4) is 0 Å². The minimum atomic E-state index is -0.976. The summed E-state index contributed by atoms with van der Waals surface area (Å²) in [5.41, 5.74) is 2.88. The average molecular weight is 535 g/mol.